The van der Waals surface area contributed by atoms with Crippen LogP contribution in [0.15, 0.2) is 52.4 Å². The number of halogens is 2. The number of likely N-dealkylation sites (tertiary alicyclic amines) is 1. The molecule has 1 aliphatic rings. The average Bonchev–Trinajstić information content (AvgIpc) is 3.16. The molecule has 1 fully saturated rings. The number of anilines is 1. The summed E-state index contributed by atoms with van der Waals surface area (Å²) in [6.45, 7) is 6.12. The number of hydrogen-bond acceptors (Lipinski definition) is 4. The van der Waals surface area contributed by atoms with Crippen LogP contribution in [0.4, 0.5) is 14.5 Å². The third-order valence-electron chi connectivity index (χ3n) is 4.00. The van der Waals surface area contributed by atoms with E-state index in [9.17, 15) is 8.78 Å². The van der Waals surface area contributed by atoms with Crippen LogP contribution in [-0.4, -0.2) is 37.1 Å². The van der Waals surface area contributed by atoms with Crippen molar-refractivity contribution in [2.24, 2.45) is 15.7 Å². The molecule has 0 aliphatic carbocycles. The van der Waals surface area contributed by atoms with Crippen LogP contribution in [0.2, 0.25) is 0 Å². The molecule has 0 saturated carbocycles. The molecule has 0 atom stereocenters. The smallest absolute Gasteiger partial charge is 0.160 e. The molecule has 0 amide bonds. The van der Waals surface area contributed by atoms with Crippen LogP contribution in [0, 0.1) is 11.6 Å². The fourth-order valence-electron chi connectivity index (χ4n) is 2.63. The van der Waals surface area contributed by atoms with Gasteiger partial charge in [0, 0.05) is 49.5 Å². The molecule has 0 radical (unpaired) electrons. The number of allylic oxidation sites excluding steroid dienone is 1. The maximum absolute atomic E-state index is 13.1. The summed E-state index contributed by atoms with van der Waals surface area (Å²) in [5.41, 5.74) is 7.01. The van der Waals surface area contributed by atoms with Gasteiger partial charge in [-0.3, -0.25) is 9.98 Å². The maximum atomic E-state index is 13.1. The Kier molecular flexibility index (Phi) is 7.79. The highest BCUT2D eigenvalue weighted by atomic mass is 19.2. The van der Waals surface area contributed by atoms with Crippen molar-refractivity contribution >= 4 is 18.2 Å². The van der Waals surface area contributed by atoms with Crippen LogP contribution in [0.1, 0.15) is 25.7 Å². The number of nitrogens with two attached hydrogens (primary N) is 1. The van der Waals surface area contributed by atoms with Gasteiger partial charge < -0.3 is 16.0 Å². The first-order chi connectivity index (χ1) is 12.6. The lowest BCUT2D eigenvalue weighted by molar-refractivity contribution is 0.509. The van der Waals surface area contributed by atoms with E-state index in [1.807, 2.05) is 6.08 Å². The number of nitrogens with one attached hydrogen (secondary N) is 1. The third kappa shape index (κ3) is 6.31. The van der Waals surface area contributed by atoms with Crippen molar-refractivity contribution in [3.05, 3.63) is 54.0 Å². The largest absolute Gasteiger partial charge is 0.401 e. The monoisotopic (exact) mass is 361 g/mol. The number of hydrogen-bond donors (Lipinski definition) is 2. The van der Waals surface area contributed by atoms with E-state index in [4.69, 9.17) is 5.73 Å². The molecule has 1 aromatic carbocycles. The van der Waals surface area contributed by atoms with Gasteiger partial charge >= 0.3 is 0 Å². The van der Waals surface area contributed by atoms with E-state index in [2.05, 4.69) is 26.9 Å². The zero-order chi connectivity index (χ0) is 18.8. The van der Waals surface area contributed by atoms with Gasteiger partial charge in [0.2, 0.25) is 0 Å². The second-order valence-corrected chi connectivity index (χ2v) is 6.03. The van der Waals surface area contributed by atoms with E-state index in [-0.39, 0.29) is 0 Å². The Morgan fingerprint density at radius 3 is 2.73 bits per heavy atom. The second-order valence-electron chi connectivity index (χ2n) is 6.03. The lowest BCUT2D eigenvalue weighted by atomic mass is 10.2. The van der Waals surface area contributed by atoms with E-state index < -0.39 is 11.6 Å². The number of amidine groups is 1. The number of rotatable bonds is 8. The quantitative estimate of drug-likeness (QED) is 0.422. The number of nitrogens with zero attached hydrogens (tertiary/aromatic N) is 3. The van der Waals surface area contributed by atoms with Gasteiger partial charge in [0.15, 0.2) is 11.6 Å². The minimum Gasteiger partial charge on any atom is -0.401 e. The molecular weight excluding hydrogens is 336 g/mol. The fourth-order valence-corrected chi connectivity index (χ4v) is 2.63. The van der Waals surface area contributed by atoms with Gasteiger partial charge in [-0.25, -0.2) is 8.78 Å². The van der Waals surface area contributed by atoms with Crippen LogP contribution >= 0.6 is 0 Å². The van der Waals surface area contributed by atoms with Crippen LogP contribution in [-0.2, 0) is 0 Å². The Balaban J connectivity index is 1.81. The molecule has 0 spiro atoms. The van der Waals surface area contributed by atoms with Gasteiger partial charge in [-0.05, 0) is 50.6 Å². The molecule has 3 N–H and O–H groups in total. The van der Waals surface area contributed by atoms with E-state index in [1.165, 1.54) is 18.9 Å². The van der Waals surface area contributed by atoms with Crippen LogP contribution in [0.5, 0.6) is 0 Å². The summed E-state index contributed by atoms with van der Waals surface area (Å²) in [7, 11) is 0. The van der Waals surface area contributed by atoms with E-state index in [1.54, 1.807) is 12.4 Å². The third-order valence-corrected chi connectivity index (χ3v) is 4.00. The predicted octanol–water partition coefficient (Wildman–Crippen LogP) is 3.67. The molecule has 2 rings (SSSR count). The van der Waals surface area contributed by atoms with Crippen molar-refractivity contribution < 1.29 is 8.78 Å². The van der Waals surface area contributed by atoms with Gasteiger partial charge in [-0.2, -0.15) is 0 Å². The molecule has 1 aliphatic heterocycles. The molecule has 5 nitrogen and oxygen atoms in total. The maximum Gasteiger partial charge on any atom is 0.160 e. The van der Waals surface area contributed by atoms with Crippen LogP contribution in [0.3, 0.4) is 0 Å². The van der Waals surface area contributed by atoms with Gasteiger partial charge in [0.25, 0.3) is 0 Å². The van der Waals surface area contributed by atoms with Gasteiger partial charge in [-0.1, -0.05) is 0 Å². The standard InChI is InChI=1S/C19H25F2N5/c1-23-10-8-19(26-11-2-3-12-26)24-9-4-5-15(22)14-25-16-6-7-17(20)18(21)13-16/h6-8,10,13-14,25H,1-5,9,11-12,22H2/b10-8-,15-14-,24-19+. The van der Waals surface area contributed by atoms with E-state index >= 15 is 0 Å². The molecule has 7 heteroatoms. The van der Waals surface area contributed by atoms with Crippen molar-refractivity contribution in [3.63, 3.8) is 0 Å². The Hall–Kier alpha value is -2.70. The first kappa shape index (κ1) is 19.6. The normalized spacial score (nSPS) is 15.7. The minimum atomic E-state index is -0.896. The minimum absolute atomic E-state index is 0.447. The van der Waals surface area contributed by atoms with E-state index in [0.29, 0.717) is 24.4 Å². The van der Waals surface area contributed by atoms with Crippen LogP contribution in [0.25, 0.3) is 0 Å². The summed E-state index contributed by atoms with van der Waals surface area (Å²) in [5.74, 6) is -0.843. The first-order valence-corrected chi connectivity index (χ1v) is 8.68. The van der Waals surface area contributed by atoms with Crippen molar-refractivity contribution in [2.75, 3.05) is 25.0 Å². The summed E-state index contributed by atoms with van der Waals surface area (Å²) < 4.78 is 26.0. The van der Waals surface area contributed by atoms with Crippen molar-refractivity contribution in [1.82, 2.24) is 4.90 Å². The molecule has 1 aromatic rings. The topological polar surface area (TPSA) is 66.0 Å². The molecule has 0 unspecified atom stereocenters. The van der Waals surface area contributed by atoms with Crippen molar-refractivity contribution in [2.45, 2.75) is 25.7 Å². The highest BCUT2D eigenvalue weighted by molar-refractivity contribution is 5.93. The lowest BCUT2D eigenvalue weighted by Gasteiger charge is -2.17. The Labute approximate surface area is 153 Å². The summed E-state index contributed by atoms with van der Waals surface area (Å²) >= 11 is 0. The van der Waals surface area contributed by atoms with Crippen molar-refractivity contribution in [1.29, 1.82) is 0 Å². The zero-order valence-electron chi connectivity index (χ0n) is 14.8. The second kappa shape index (κ2) is 10.3. The fraction of sp³-hybridized carbons (Fsp3) is 0.368. The van der Waals surface area contributed by atoms with Gasteiger partial charge in [0.05, 0.1) is 0 Å². The lowest BCUT2D eigenvalue weighted by Crippen LogP contribution is -2.26. The highest BCUT2D eigenvalue weighted by Crippen LogP contribution is 2.14. The molecule has 140 valence electrons. The molecule has 0 aromatic heterocycles. The average molecular weight is 361 g/mol. The SMILES string of the molecule is C=N/C=C\C(=N/CCC/C(N)=C/Nc1ccc(F)c(F)c1)N1CCCC1. The summed E-state index contributed by atoms with van der Waals surface area (Å²) in [6.07, 6.45) is 8.92. The molecule has 1 saturated heterocycles. The Bertz CT molecular complexity index is 691. The number of benzene rings is 1. The molecular formula is C19H25F2N5. The van der Waals surface area contributed by atoms with Crippen LogP contribution < -0.4 is 11.1 Å². The highest BCUT2D eigenvalue weighted by Gasteiger charge is 2.13. The summed E-state index contributed by atoms with van der Waals surface area (Å²) in [6, 6.07) is 3.61. The van der Waals surface area contributed by atoms with Crippen molar-refractivity contribution in [3.8, 4) is 0 Å². The summed E-state index contributed by atoms with van der Waals surface area (Å²) in [4.78, 5) is 10.6. The van der Waals surface area contributed by atoms with E-state index in [0.717, 1.165) is 37.5 Å². The predicted molar refractivity (Wildman–Crippen MR) is 103 cm³/mol. The Morgan fingerprint density at radius 1 is 1.27 bits per heavy atom. The molecule has 0 bridgehead atoms. The zero-order valence-corrected chi connectivity index (χ0v) is 14.8. The van der Waals surface area contributed by atoms with Gasteiger partial charge in [0.1, 0.15) is 5.84 Å². The Morgan fingerprint density at radius 2 is 2.04 bits per heavy atom. The summed E-state index contributed by atoms with van der Waals surface area (Å²) in [5, 5.41) is 2.87. The number of aliphatic imine (C=N–C) groups is 2. The first-order valence-electron chi connectivity index (χ1n) is 8.68. The molecule has 1 heterocycles. The molecule has 26 heavy (non-hydrogen) atoms. The van der Waals surface area contributed by atoms with Gasteiger partial charge in [-0.15, -0.1) is 0 Å².